The maximum atomic E-state index is 12.1. The molecule has 1 aromatic carbocycles. The largest absolute Gasteiger partial charge is 0.366 e. The van der Waals surface area contributed by atoms with Crippen LogP contribution in [0.3, 0.4) is 0 Å². The molecule has 0 heterocycles. The molecule has 106 valence electrons. The third-order valence-corrected chi connectivity index (χ3v) is 3.79. The minimum absolute atomic E-state index is 0.0377. The first kappa shape index (κ1) is 15.7. The first-order valence-corrected chi connectivity index (χ1v) is 7.27. The molecule has 6 heteroatoms. The lowest BCUT2D eigenvalue weighted by Crippen LogP contribution is -2.22. The minimum Gasteiger partial charge on any atom is -0.366 e. The molecule has 5 nitrogen and oxygen atoms in total. The molecule has 0 saturated carbocycles. The van der Waals surface area contributed by atoms with Crippen LogP contribution in [-0.2, 0) is 10.0 Å². The number of nitrogens with two attached hydrogens (primary N) is 1. The summed E-state index contributed by atoms with van der Waals surface area (Å²) < 4.78 is 26.6. The number of amides is 1. The summed E-state index contributed by atoms with van der Waals surface area (Å²) in [5, 5.41) is 0. The Labute approximate surface area is 118 Å². The van der Waals surface area contributed by atoms with Crippen LogP contribution in [0.4, 0.5) is 0 Å². The molecule has 0 aliphatic carbocycles. The van der Waals surface area contributed by atoms with Crippen molar-refractivity contribution >= 4 is 15.9 Å². The van der Waals surface area contributed by atoms with Gasteiger partial charge in [-0.1, -0.05) is 18.7 Å². The van der Waals surface area contributed by atoms with E-state index in [0.717, 1.165) is 0 Å². The van der Waals surface area contributed by atoms with E-state index in [4.69, 9.17) is 5.73 Å². The van der Waals surface area contributed by atoms with Crippen molar-refractivity contribution in [2.45, 2.75) is 11.8 Å². The Balaban J connectivity index is 3.04. The van der Waals surface area contributed by atoms with E-state index >= 15 is 0 Å². The lowest BCUT2D eigenvalue weighted by molar-refractivity contribution is 0.1000. The van der Waals surface area contributed by atoms with E-state index in [9.17, 15) is 13.2 Å². The third kappa shape index (κ3) is 4.10. The Bertz CT molecular complexity index is 656. The molecular formula is C14H16N2O3S. The van der Waals surface area contributed by atoms with Gasteiger partial charge >= 0.3 is 0 Å². The van der Waals surface area contributed by atoms with Crippen molar-refractivity contribution in [3.63, 3.8) is 0 Å². The fourth-order valence-corrected chi connectivity index (χ4v) is 2.43. The first-order chi connectivity index (χ1) is 9.40. The van der Waals surface area contributed by atoms with Gasteiger partial charge in [0.25, 0.3) is 10.0 Å². The van der Waals surface area contributed by atoms with Gasteiger partial charge < -0.3 is 5.73 Å². The van der Waals surface area contributed by atoms with E-state index in [1.165, 1.54) is 30.3 Å². The van der Waals surface area contributed by atoms with Gasteiger partial charge in [-0.25, -0.2) is 8.42 Å². The lowest BCUT2D eigenvalue weighted by Gasteiger charge is -2.08. The second-order valence-corrected chi connectivity index (χ2v) is 5.53. The predicted molar refractivity (Wildman–Crippen MR) is 78.4 cm³/mol. The standard InChI is InChI=1S/C14H16N2O3S/c1-3-5-6-12(4-2)16-20(18,19)13-9-7-11(8-10-13)14(15)17/h3-10,16H,2H2,1H3,(H2,15,17)/b5-3-,12-6+. The molecule has 1 amide bonds. The van der Waals surface area contributed by atoms with Gasteiger partial charge in [0, 0.05) is 11.3 Å². The zero-order chi connectivity index (χ0) is 15.2. The van der Waals surface area contributed by atoms with Crippen molar-refractivity contribution in [1.82, 2.24) is 4.72 Å². The molecule has 1 aromatic rings. The van der Waals surface area contributed by atoms with E-state index in [1.807, 2.05) is 6.92 Å². The molecule has 0 saturated heterocycles. The van der Waals surface area contributed by atoms with Crippen LogP contribution in [0, 0.1) is 0 Å². The van der Waals surface area contributed by atoms with E-state index in [-0.39, 0.29) is 10.5 Å². The summed E-state index contributed by atoms with van der Waals surface area (Å²) in [5.41, 5.74) is 5.69. The summed E-state index contributed by atoms with van der Waals surface area (Å²) in [4.78, 5) is 11.0. The van der Waals surface area contributed by atoms with Gasteiger partial charge in [0.05, 0.1) is 4.90 Å². The number of hydrogen-bond acceptors (Lipinski definition) is 3. The second-order valence-electron chi connectivity index (χ2n) is 3.85. The van der Waals surface area contributed by atoms with Crippen LogP contribution < -0.4 is 10.5 Å². The molecular weight excluding hydrogens is 276 g/mol. The van der Waals surface area contributed by atoms with Gasteiger partial charge in [0.1, 0.15) is 0 Å². The maximum absolute atomic E-state index is 12.1. The average molecular weight is 292 g/mol. The van der Waals surface area contributed by atoms with Crippen LogP contribution in [0.2, 0.25) is 0 Å². The minimum atomic E-state index is -3.72. The summed E-state index contributed by atoms with van der Waals surface area (Å²) in [7, 11) is -3.72. The predicted octanol–water partition coefficient (Wildman–Crippen LogP) is 1.71. The molecule has 20 heavy (non-hydrogen) atoms. The molecule has 0 radical (unpaired) electrons. The van der Waals surface area contributed by atoms with Crippen LogP contribution in [-0.4, -0.2) is 14.3 Å². The Morgan fingerprint density at radius 3 is 2.35 bits per heavy atom. The highest BCUT2D eigenvalue weighted by Crippen LogP contribution is 2.12. The van der Waals surface area contributed by atoms with Gasteiger partial charge in [-0.2, -0.15) is 0 Å². The normalized spacial score (nSPS) is 12.3. The van der Waals surface area contributed by atoms with Crippen molar-refractivity contribution in [2.24, 2.45) is 5.73 Å². The van der Waals surface area contributed by atoms with Gasteiger partial charge in [-0.15, -0.1) is 0 Å². The number of sulfonamides is 1. The Hall–Kier alpha value is -2.34. The molecule has 0 unspecified atom stereocenters. The monoisotopic (exact) mass is 292 g/mol. The van der Waals surface area contributed by atoms with Crippen molar-refractivity contribution in [1.29, 1.82) is 0 Å². The van der Waals surface area contributed by atoms with Crippen LogP contribution in [0.25, 0.3) is 0 Å². The average Bonchev–Trinajstić information content (AvgIpc) is 2.43. The Morgan fingerprint density at radius 2 is 1.90 bits per heavy atom. The molecule has 1 rings (SSSR count). The fourth-order valence-electron chi connectivity index (χ4n) is 1.36. The number of primary amides is 1. The quantitative estimate of drug-likeness (QED) is 0.782. The number of allylic oxidation sites excluding steroid dienone is 4. The Morgan fingerprint density at radius 1 is 1.30 bits per heavy atom. The molecule has 0 spiro atoms. The summed E-state index contributed by atoms with van der Waals surface area (Å²) in [6.45, 7) is 5.35. The smallest absolute Gasteiger partial charge is 0.261 e. The van der Waals surface area contributed by atoms with Crippen LogP contribution in [0.15, 0.2) is 65.7 Å². The van der Waals surface area contributed by atoms with E-state index < -0.39 is 15.9 Å². The number of carbonyl (C=O) groups excluding carboxylic acids is 1. The fraction of sp³-hybridized carbons (Fsp3) is 0.0714. The highest BCUT2D eigenvalue weighted by Gasteiger charge is 2.14. The van der Waals surface area contributed by atoms with E-state index in [0.29, 0.717) is 5.70 Å². The molecule has 3 N–H and O–H groups in total. The molecule has 0 aliphatic heterocycles. The topological polar surface area (TPSA) is 89.3 Å². The first-order valence-electron chi connectivity index (χ1n) is 5.79. The van der Waals surface area contributed by atoms with Crippen LogP contribution in [0.1, 0.15) is 17.3 Å². The van der Waals surface area contributed by atoms with E-state index in [2.05, 4.69) is 11.3 Å². The van der Waals surface area contributed by atoms with Gasteiger partial charge in [-0.3, -0.25) is 9.52 Å². The van der Waals surface area contributed by atoms with Gasteiger partial charge in [-0.05, 0) is 43.3 Å². The van der Waals surface area contributed by atoms with Crippen molar-refractivity contribution in [2.75, 3.05) is 0 Å². The van der Waals surface area contributed by atoms with Crippen molar-refractivity contribution in [3.05, 3.63) is 66.4 Å². The number of hydrogen-bond donors (Lipinski definition) is 2. The zero-order valence-electron chi connectivity index (χ0n) is 11.0. The summed E-state index contributed by atoms with van der Waals surface area (Å²) >= 11 is 0. The molecule has 0 aromatic heterocycles. The highest BCUT2D eigenvalue weighted by molar-refractivity contribution is 7.89. The molecule has 0 fully saturated rings. The number of benzene rings is 1. The zero-order valence-corrected chi connectivity index (χ0v) is 11.9. The number of nitrogens with one attached hydrogen (secondary N) is 1. The van der Waals surface area contributed by atoms with Crippen molar-refractivity contribution < 1.29 is 13.2 Å². The summed E-state index contributed by atoms with van der Waals surface area (Å²) in [5.74, 6) is -0.610. The molecule has 0 bridgehead atoms. The SMILES string of the molecule is C=C/C(=C\C=C/C)NS(=O)(=O)c1ccc(C(N)=O)cc1. The molecule has 0 aliphatic rings. The van der Waals surface area contributed by atoms with E-state index in [1.54, 1.807) is 18.2 Å². The summed E-state index contributed by atoms with van der Waals surface area (Å²) in [6.07, 6.45) is 6.44. The number of carbonyl (C=O) groups is 1. The van der Waals surface area contributed by atoms with Crippen molar-refractivity contribution in [3.8, 4) is 0 Å². The highest BCUT2D eigenvalue weighted by atomic mass is 32.2. The number of rotatable bonds is 6. The van der Waals surface area contributed by atoms with Crippen LogP contribution >= 0.6 is 0 Å². The Kier molecular flexibility index (Phi) is 5.28. The summed E-state index contributed by atoms with van der Waals surface area (Å²) in [6, 6.07) is 5.36. The molecule has 0 atom stereocenters. The third-order valence-electron chi connectivity index (χ3n) is 2.39. The lowest BCUT2D eigenvalue weighted by atomic mass is 10.2. The van der Waals surface area contributed by atoms with Gasteiger partial charge in [0.2, 0.25) is 5.91 Å². The maximum Gasteiger partial charge on any atom is 0.261 e. The van der Waals surface area contributed by atoms with Crippen LogP contribution in [0.5, 0.6) is 0 Å². The second kappa shape index (κ2) is 6.72. The van der Waals surface area contributed by atoms with Gasteiger partial charge in [0.15, 0.2) is 0 Å².